The zero-order valence-electron chi connectivity index (χ0n) is 58.1. The third-order valence-electron chi connectivity index (χ3n) is 18.0. The third kappa shape index (κ3) is 18.5. The highest BCUT2D eigenvalue weighted by atomic mass is 32.2. The molecule has 113 heavy (non-hydrogen) atoms. The van der Waals surface area contributed by atoms with E-state index in [2.05, 4.69) is 39.2 Å². The van der Waals surface area contributed by atoms with Gasteiger partial charge in [-0.15, -0.1) is 39.5 Å². The second-order valence-electron chi connectivity index (χ2n) is 25.4. The van der Waals surface area contributed by atoms with E-state index in [-0.39, 0.29) is 88.8 Å². The maximum absolute atomic E-state index is 14.2. The fourth-order valence-corrected chi connectivity index (χ4v) is 16.6. The van der Waals surface area contributed by atoms with E-state index in [9.17, 15) is 88.2 Å². The summed E-state index contributed by atoms with van der Waals surface area (Å²) in [5, 5.41) is 25.7. The number of halogens is 12. The van der Waals surface area contributed by atoms with Crippen molar-refractivity contribution in [1.82, 2.24) is 28.3 Å². The van der Waals surface area contributed by atoms with Crippen molar-refractivity contribution in [2.75, 3.05) is 68.9 Å². The van der Waals surface area contributed by atoms with Crippen LogP contribution in [-0.4, -0.2) is 186 Å². The highest BCUT2D eigenvalue weighted by Crippen LogP contribution is 2.50. The van der Waals surface area contributed by atoms with Crippen molar-refractivity contribution < 1.29 is 136 Å². The molecule has 27 nitrogen and oxygen atoms in total. The number of rotatable bonds is 14. The molecular formula is C71H61F12N9O18S3. The van der Waals surface area contributed by atoms with Crippen LogP contribution < -0.4 is 48.3 Å². The predicted octanol–water partition coefficient (Wildman–Crippen LogP) is 11.7. The molecule has 16 rings (SSSR count). The quantitative estimate of drug-likeness (QED) is 0.0580. The number of benzene rings is 6. The van der Waals surface area contributed by atoms with Crippen LogP contribution in [-0.2, 0) is 49.0 Å². The zero-order valence-corrected chi connectivity index (χ0v) is 60.5. The molecule has 7 aliphatic rings. The average molecular weight is 1650 g/mol. The Morgan fingerprint density at radius 2 is 0.876 bits per heavy atom. The number of fused-ring (bicyclic) bond motifs is 7. The number of epoxide rings is 1. The Kier molecular flexibility index (Phi) is 23.0. The second kappa shape index (κ2) is 32.2. The Hall–Kier alpha value is -10.4. The van der Waals surface area contributed by atoms with E-state index in [1.165, 1.54) is 79.9 Å². The molecule has 9 atom stereocenters. The van der Waals surface area contributed by atoms with Crippen LogP contribution in [0.1, 0.15) is 0 Å². The number of nitrogens with one attached hydrogen (secondary N) is 2. The number of alkyl halides is 9. The number of aromatic nitrogens is 3. The SMILES string of the molecule is CN([C@H]1COCC2O[C@H]21)S(=O)(=O)c1ccc(OC(F)(F)F)cc1.CN([C@H]1COC[C@H](N2c3cc(F)ccc3Oc3cccnc32)[C@H]1O)S(=O)(=O)c1ccc(OC(F)(F)F)cc1.Fc1ccc2c(c1)Nc1ncccc1O2.O=S(=O)(N[C@H]1COC[C@H](N2c3cc(F)ccc3Oc3cccnc32)[C@H]1O)c1ccc(OC(F)(F)F)cc1. The van der Waals surface area contributed by atoms with Gasteiger partial charge in [-0.3, -0.25) is 0 Å². The Bertz CT molecular complexity index is 5290. The number of hydrogen-bond donors (Lipinski definition) is 4. The number of aliphatic hydroxyl groups is 2. The van der Waals surface area contributed by atoms with Crippen molar-refractivity contribution in [2.24, 2.45) is 0 Å². The van der Waals surface area contributed by atoms with E-state index >= 15 is 0 Å². The number of nitrogens with zero attached hydrogens (tertiary/aromatic N) is 7. The molecule has 4 N–H and O–H groups in total. The summed E-state index contributed by atoms with van der Waals surface area (Å²) in [4.78, 5) is 15.0. The summed E-state index contributed by atoms with van der Waals surface area (Å²) in [6.45, 7) is 0.209. The van der Waals surface area contributed by atoms with Gasteiger partial charge in [0.25, 0.3) is 0 Å². The first-order valence-electron chi connectivity index (χ1n) is 33.4. The lowest BCUT2D eigenvalue weighted by atomic mass is 9.98. The van der Waals surface area contributed by atoms with Gasteiger partial charge in [-0.1, -0.05) is 0 Å². The lowest BCUT2D eigenvalue weighted by molar-refractivity contribution is -0.275. The van der Waals surface area contributed by atoms with Crippen molar-refractivity contribution in [3.63, 3.8) is 0 Å². The minimum Gasteiger partial charge on any atom is -0.451 e. The van der Waals surface area contributed by atoms with Crippen molar-refractivity contribution >= 4 is 64.6 Å². The molecule has 0 radical (unpaired) electrons. The monoisotopic (exact) mass is 1650 g/mol. The van der Waals surface area contributed by atoms with Crippen LogP contribution in [0.15, 0.2) is 197 Å². The van der Waals surface area contributed by atoms with Gasteiger partial charge in [0.15, 0.2) is 52.0 Å². The summed E-state index contributed by atoms with van der Waals surface area (Å²) in [5.41, 5.74) is 1.14. The lowest BCUT2D eigenvalue weighted by Gasteiger charge is -2.45. The smallest absolute Gasteiger partial charge is 0.451 e. The molecule has 6 aromatic carbocycles. The molecule has 600 valence electrons. The van der Waals surface area contributed by atoms with Crippen molar-refractivity contribution in [3.05, 3.63) is 200 Å². The number of likely N-dealkylation sites (N-methyl/N-ethyl adjacent to an activating group) is 2. The largest absolute Gasteiger partial charge is 0.573 e. The molecule has 42 heteroatoms. The molecule has 0 spiro atoms. The Morgan fingerprint density at radius 3 is 1.37 bits per heavy atom. The summed E-state index contributed by atoms with van der Waals surface area (Å²) < 4.78 is 285. The van der Waals surface area contributed by atoms with Gasteiger partial charge in [0, 0.05) is 50.9 Å². The first-order valence-corrected chi connectivity index (χ1v) is 37.8. The van der Waals surface area contributed by atoms with Crippen LogP contribution >= 0.6 is 0 Å². The van der Waals surface area contributed by atoms with Gasteiger partial charge >= 0.3 is 19.1 Å². The normalized spacial score (nSPS) is 21.5. The number of pyridine rings is 3. The van der Waals surface area contributed by atoms with Crippen LogP contribution in [0.5, 0.6) is 51.7 Å². The lowest BCUT2D eigenvalue weighted by Crippen LogP contribution is -2.60. The number of sulfonamides is 3. The summed E-state index contributed by atoms with van der Waals surface area (Å²) in [6.07, 6.45) is -13.0. The summed E-state index contributed by atoms with van der Waals surface area (Å²) in [5.74, 6) is 0.662. The van der Waals surface area contributed by atoms with Crippen LogP contribution in [0.3, 0.4) is 0 Å². The number of ether oxygens (including phenoxy) is 10. The summed E-state index contributed by atoms with van der Waals surface area (Å²) >= 11 is 0. The molecule has 4 fully saturated rings. The van der Waals surface area contributed by atoms with Gasteiger partial charge in [0.1, 0.15) is 46.9 Å². The number of aliphatic hydroxyl groups excluding tert-OH is 2. The minimum absolute atomic E-state index is 0.0407. The fourth-order valence-electron chi connectivity index (χ4n) is 12.6. The third-order valence-corrected chi connectivity index (χ3v) is 23.3. The average Bonchev–Trinajstić information content (AvgIpc) is 1.05. The van der Waals surface area contributed by atoms with E-state index in [4.69, 9.17) is 33.2 Å². The van der Waals surface area contributed by atoms with Crippen molar-refractivity contribution in [2.45, 2.75) is 88.4 Å². The Balaban J connectivity index is 0.000000138. The summed E-state index contributed by atoms with van der Waals surface area (Å²) in [6, 6.07) is 29.1. The van der Waals surface area contributed by atoms with E-state index in [0.29, 0.717) is 52.6 Å². The molecule has 3 aromatic heterocycles. The molecule has 0 aliphatic carbocycles. The van der Waals surface area contributed by atoms with Crippen LogP contribution in [0.2, 0.25) is 0 Å². The Labute approximate surface area is 634 Å². The molecule has 1 unspecified atom stereocenters. The van der Waals surface area contributed by atoms with Gasteiger partial charge < -0.3 is 72.7 Å². The van der Waals surface area contributed by atoms with Gasteiger partial charge in [0.2, 0.25) is 30.1 Å². The molecule has 9 aromatic rings. The van der Waals surface area contributed by atoms with E-state index in [1.54, 1.807) is 47.5 Å². The molecule has 4 saturated heterocycles. The van der Waals surface area contributed by atoms with Gasteiger partial charge in [-0.25, -0.2) is 58.1 Å². The van der Waals surface area contributed by atoms with Crippen LogP contribution in [0.25, 0.3) is 0 Å². The standard InChI is InChI=1S/C24H21F4N3O6S.C23H19F4N3O6S.C13H14F3NO5S.C11H7FN2O/c1-30(38(33,34)16-7-5-15(6-8-16)37-24(26,27)28)18-12-35-13-19(22(18)32)31-17-11-14(25)4-9-20(17)36-21-3-2-10-29-23(21)31;24-13-3-8-19-17(10-13)30(22-20(35-19)2-1-9-28-22)18-12-34-11-16(21(18)31)29-37(32,33)15-6-4-14(5-7-15)36-23(25,26)27;1-17(10-6-20-7-11-12(10)21-11)23(18,19)9-4-2-8(3-5-9)22-13(14,15)16;12-7-3-4-9-8(6-7)14-11-10(15-9)2-1-5-13-11/h2-11,18-19,22,32H,12-13H2,1H3;1-10,16,18,21,29,31H,11-12H2;2-5,10-12H,6-7H2,1H3;1-6H,(H,13,14)/t18-,19-,22-;16-,18-,21-;10-,11?,12-;/m000./s1. The fraction of sp³-hybridized carbons (Fsp3) is 0.282. The van der Waals surface area contributed by atoms with Gasteiger partial charge in [-0.2, -0.15) is 8.61 Å². The van der Waals surface area contributed by atoms with E-state index in [0.717, 1.165) is 81.4 Å². The van der Waals surface area contributed by atoms with Gasteiger partial charge in [-0.05, 0) is 146 Å². The van der Waals surface area contributed by atoms with Crippen molar-refractivity contribution in [3.8, 4) is 51.7 Å². The van der Waals surface area contributed by atoms with E-state index in [1.807, 2.05) is 6.07 Å². The first-order chi connectivity index (χ1) is 53.5. The maximum Gasteiger partial charge on any atom is 0.573 e. The Morgan fingerprint density at radius 1 is 0.469 bits per heavy atom. The zero-order chi connectivity index (χ0) is 80.7. The number of anilines is 6. The first kappa shape index (κ1) is 80.7. The van der Waals surface area contributed by atoms with Gasteiger partial charge in [0.05, 0.1) is 114 Å². The highest BCUT2D eigenvalue weighted by Gasteiger charge is 2.53. The van der Waals surface area contributed by atoms with Crippen LogP contribution in [0.4, 0.5) is 87.2 Å². The molecular weight excluding hydrogens is 1590 g/mol. The molecule has 0 amide bonds. The minimum atomic E-state index is -4.93. The second-order valence-corrected chi connectivity index (χ2v) is 31.1. The molecule has 0 bridgehead atoms. The topological polar surface area (TPSA) is 314 Å². The summed E-state index contributed by atoms with van der Waals surface area (Å²) in [7, 11) is -9.80. The molecule has 7 aliphatic heterocycles. The molecule has 10 heterocycles. The van der Waals surface area contributed by atoms with Crippen molar-refractivity contribution in [1.29, 1.82) is 0 Å². The van der Waals surface area contributed by atoms with Crippen LogP contribution in [0, 0.1) is 17.5 Å². The van der Waals surface area contributed by atoms with E-state index < -0.39 is 120 Å². The highest BCUT2D eigenvalue weighted by molar-refractivity contribution is 7.90. The maximum atomic E-state index is 14.2. The predicted molar refractivity (Wildman–Crippen MR) is 371 cm³/mol. The number of hydrogen-bond acceptors (Lipinski definition) is 24. The molecule has 0 saturated carbocycles.